The lowest BCUT2D eigenvalue weighted by atomic mass is 9.98. The molecule has 3 aromatic heterocycles. The van der Waals surface area contributed by atoms with Crippen LogP contribution in [0.3, 0.4) is 0 Å². The summed E-state index contributed by atoms with van der Waals surface area (Å²) in [7, 11) is -3.70. The van der Waals surface area contributed by atoms with Crippen molar-refractivity contribution in [2.45, 2.75) is 77.7 Å². The number of pyridine rings is 1. The first kappa shape index (κ1) is 36.3. The lowest BCUT2D eigenvalue weighted by Crippen LogP contribution is -2.47. The smallest absolute Gasteiger partial charge is 0.325 e. The molecule has 2 N–H and O–H groups in total. The number of hydrogen-bond donors (Lipinski definition) is 2. The number of nitrogens with zero attached hydrogens (tertiary/aromatic N) is 6. The molecule has 278 valence electrons. The van der Waals surface area contributed by atoms with Crippen molar-refractivity contribution in [3.05, 3.63) is 77.2 Å². The third-order valence-corrected chi connectivity index (χ3v) is 11.6. The Labute approximate surface area is 303 Å². The average molecular weight is 751 g/mol. The summed E-state index contributed by atoms with van der Waals surface area (Å²) in [5, 5.41) is 7.63. The molecule has 53 heavy (non-hydrogen) atoms. The molecular weight excluding hydrogens is 714 g/mol. The van der Waals surface area contributed by atoms with Gasteiger partial charge in [-0.3, -0.25) is 19.1 Å². The van der Waals surface area contributed by atoms with E-state index >= 15 is 0 Å². The van der Waals surface area contributed by atoms with Crippen molar-refractivity contribution < 1.29 is 36.0 Å². The van der Waals surface area contributed by atoms with E-state index in [1.807, 2.05) is 24.3 Å². The molecule has 2 bridgehead atoms. The predicted octanol–water partition coefficient (Wildman–Crippen LogP) is 4.54. The molecule has 1 saturated carbocycles. The second-order valence-electron chi connectivity index (χ2n) is 14.0. The first-order valence-electron chi connectivity index (χ1n) is 17.2. The molecule has 1 aliphatic carbocycles. The summed E-state index contributed by atoms with van der Waals surface area (Å²) in [6, 6.07) is 4.07. The van der Waals surface area contributed by atoms with Gasteiger partial charge in [0.15, 0.2) is 5.78 Å². The molecule has 5 heterocycles. The van der Waals surface area contributed by atoms with Crippen LogP contribution in [0.5, 0.6) is 0 Å². The number of allylic oxidation sites excluding steroid dienone is 2. The van der Waals surface area contributed by atoms with Crippen molar-refractivity contribution in [3.63, 3.8) is 0 Å². The SMILES string of the molecule is CC(=O)c1nn2c3c(cc(-c4cnc(C)nc4)cc13)C/C=C/CCCS(=O)(=O)NC[C@@]13C[C@@H](C(=O)Nc4nc(C(F)(F)F)ccc4C)N(C(=O)C2)[C@@H]1C3. The fourth-order valence-corrected chi connectivity index (χ4v) is 8.58. The maximum Gasteiger partial charge on any atom is 0.433 e. The number of ketones is 1. The maximum atomic E-state index is 14.4. The zero-order chi connectivity index (χ0) is 37.9. The Morgan fingerprint density at radius 2 is 1.81 bits per heavy atom. The summed E-state index contributed by atoms with van der Waals surface area (Å²) in [5.74, 6) is -1.43. The van der Waals surface area contributed by atoms with Crippen molar-refractivity contribution in [1.82, 2.24) is 34.4 Å². The van der Waals surface area contributed by atoms with Gasteiger partial charge >= 0.3 is 6.18 Å². The van der Waals surface area contributed by atoms with Gasteiger partial charge in [0.2, 0.25) is 21.8 Å². The molecule has 2 fully saturated rings. The number of anilines is 1. The number of Topliss-reactive ketones (excluding diaryl/α,β-unsaturated/α-hetero) is 1. The highest BCUT2D eigenvalue weighted by Crippen LogP contribution is 2.59. The van der Waals surface area contributed by atoms with E-state index in [0.29, 0.717) is 48.0 Å². The number of benzene rings is 1. The van der Waals surface area contributed by atoms with E-state index in [1.54, 1.807) is 19.3 Å². The Hall–Kier alpha value is -5.03. The lowest BCUT2D eigenvalue weighted by Gasteiger charge is -2.27. The van der Waals surface area contributed by atoms with Crippen molar-refractivity contribution in [2.24, 2.45) is 5.41 Å². The monoisotopic (exact) mass is 750 g/mol. The number of rotatable bonds is 4. The van der Waals surface area contributed by atoms with E-state index in [4.69, 9.17) is 0 Å². The second kappa shape index (κ2) is 13.4. The van der Waals surface area contributed by atoms with E-state index in [1.165, 1.54) is 29.5 Å². The Morgan fingerprint density at radius 3 is 2.53 bits per heavy atom. The predicted molar refractivity (Wildman–Crippen MR) is 188 cm³/mol. The summed E-state index contributed by atoms with van der Waals surface area (Å²) in [6.07, 6.45) is 4.09. The summed E-state index contributed by atoms with van der Waals surface area (Å²) in [6.45, 7) is 4.28. The maximum absolute atomic E-state index is 14.4. The first-order valence-corrected chi connectivity index (χ1v) is 18.8. The minimum atomic E-state index is -4.75. The van der Waals surface area contributed by atoms with Gasteiger partial charge < -0.3 is 10.2 Å². The summed E-state index contributed by atoms with van der Waals surface area (Å²) >= 11 is 0. The van der Waals surface area contributed by atoms with E-state index in [2.05, 4.69) is 30.1 Å². The number of amides is 2. The van der Waals surface area contributed by atoms with Crippen molar-refractivity contribution in [2.75, 3.05) is 17.6 Å². The van der Waals surface area contributed by atoms with Crippen molar-refractivity contribution in [3.8, 4) is 11.1 Å². The highest BCUT2D eigenvalue weighted by molar-refractivity contribution is 7.89. The molecule has 0 radical (unpaired) electrons. The molecule has 0 spiro atoms. The van der Waals surface area contributed by atoms with Crippen LogP contribution in [0.25, 0.3) is 22.0 Å². The molecule has 17 heteroatoms. The molecule has 13 nitrogen and oxygen atoms in total. The van der Waals surface area contributed by atoms with Crippen LogP contribution in [-0.4, -0.2) is 80.0 Å². The van der Waals surface area contributed by atoms with Crippen LogP contribution >= 0.6 is 0 Å². The molecule has 4 aromatic rings. The van der Waals surface area contributed by atoms with Crippen LogP contribution in [0, 0.1) is 19.3 Å². The molecule has 7 rings (SSSR count). The van der Waals surface area contributed by atoms with Gasteiger partial charge in [0.1, 0.15) is 35.6 Å². The Kier molecular flexibility index (Phi) is 9.21. The number of aryl methyl sites for hydroxylation is 2. The van der Waals surface area contributed by atoms with Gasteiger partial charge in [0, 0.05) is 48.3 Å². The van der Waals surface area contributed by atoms with E-state index < -0.39 is 51.2 Å². The minimum absolute atomic E-state index is 0.0148. The summed E-state index contributed by atoms with van der Waals surface area (Å²) in [4.78, 5) is 55.0. The number of nitrogens with one attached hydrogen (secondary N) is 2. The number of carbonyl (C=O) groups is 3. The number of piperidine rings is 1. The topological polar surface area (TPSA) is 169 Å². The van der Waals surface area contributed by atoms with Gasteiger partial charge in [-0.05, 0) is 80.8 Å². The minimum Gasteiger partial charge on any atom is -0.325 e. The van der Waals surface area contributed by atoms with Crippen LogP contribution in [0.15, 0.2) is 48.8 Å². The Balaban J connectivity index is 1.30. The zero-order valence-electron chi connectivity index (χ0n) is 29.2. The standard InChI is InChI=1S/C36H37F3N8O5S/c1-20-9-10-28(36(37,38)39)43-33(20)44-34(50)27-14-35-15-29(35)47(27)30(49)18-46-32-23(8-6-4-5-7-11-53(51,52)42-19-35)12-24(25-16-40-22(3)41-17-25)13-26(32)31(45-46)21(2)48/h4,6,9-10,12-13,16-17,27,29,42H,5,7-8,11,14-15,18-19H2,1-3H3,(H,43,44,50)/b6-4+/t27-,29+,35-/m0/s1. The number of aromatic nitrogens is 5. The largest absolute Gasteiger partial charge is 0.433 e. The van der Waals surface area contributed by atoms with Crippen LogP contribution < -0.4 is 10.0 Å². The number of alkyl halides is 3. The Morgan fingerprint density at radius 1 is 1.06 bits per heavy atom. The molecule has 0 unspecified atom stereocenters. The fourth-order valence-electron chi connectivity index (χ4n) is 7.38. The van der Waals surface area contributed by atoms with Crippen LogP contribution in [-0.2, 0) is 38.8 Å². The van der Waals surface area contributed by atoms with Crippen molar-refractivity contribution >= 4 is 44.3 Å². The molecule has 1 aromatic carbocycles. The molecular formula is C36H37F3N8O5S. The number of halogens is 3. The van der Waals surface area contributed by atoms with Gasteiger partial charge in [-0.1, -0.05) is 18.2 Å². The summed E-state index contributed by atoms with van der Waals surface area (Å²) in [5.41, 5.74) is 1.21. The van der Waals surface area contributed by atoms with Gasteiger partial charge in [0.25, 0.3) is 0 Å². The molecule has 3 aliphatic rings. The van der Waals surface area contributed by atoms with E-state index in [9.17, 15) is 36.0 Å². The quantitative estimate of drug-likeness (QED) is 0.225. The third kappa shape index (κ3) is 7.19. The van der Waals surface area contributed by atoms with E-state index in [0.717, 1.165) is 17.2 Å². The van der Waals surface area contributed by atoms with Gasteiger partial charge in [-0.15, -0.1) is 0 Å². The number of hydrogen-bond acceptors (Lipinski definition) is 9. The van der Waals surface area contributed by atoms with Crippen LogP contribution in [0.2, 0.25) is 0 Å². The third-order valence-electron chi connectivity index (χ3n) is 10.2. The van der Waals surface area contributed by atoms with Gasteiger partial charge in [0.05, 0.1) is 11.3 Å². The number of carbonyl (C=O) groups excluding carboxylic acids is 3. The molecule has 1 saturated heterocycles. The molecule has 3 atom stereocenters. The highest BCUT2D eigenvalue weighted by Gasteiger charge is 2.67. The number of sulfonamides is 1. The van der Waals surface area contributed by atoms with Crippen molar-refractivity contribution in [1.29, 1.82) is 0 Å². The van der Waals surface area contributed by atoms with E-state index in [-0.39, 0.29) is 48.1 Å². The Bertz CT molecular complexity index is 2290. The second-order valence-corrected chi connectivity index (χ2v) is 15.9. The summed E-state index contributed by atoms with van der Waals surface area (Å²) < 4.78 is 70.6. The lowest BCUT2D eigenvalue weighted by molar-refractivity contribution is -0.141. The molecule has 2 amide bonds. The average Bonchev–Trinajstić information content (AvgIpc) is 3.51. The van der Waals surface area contributed by atoms with Gasteiger partial charge in [-0.25, -0.2) is 28.1 Å². The molecule has 2 aliphatic heterocycles. The zero-order valence-corrected chi connectivity index (χ0v) is 30.0. The first-order chi connectivity index (χ1) is 25.0. The fraction of sp³-hybridized carbons (Fsp3) is 0.417. The highest BCUT2D eigenvalue weighted by atomic mass is 32.2. The van der Waals surface area contributed by atoms with Gasteiger partial charge in [-0.2, -0.15) is 18.3 Å². The van der Waals surface area contributed by atoms with Crippen LogP contribution in [0.1, 0.15) is 65.7 Å². The normalized spacial score (nSPS) is 23.7. The van der Waals surface area contributed by atoms with Crippen LogP contribution in [0.4, 0.5) is 19.0 Å².